The van der Waals surface area contributed by atoms with Crippen LogP contribution in [0.1, 0.15) is 36.7 Å². The topological polar surface area (TPSA) is 46.5 Å². The first-order valence-corrected chi connectivity index (χ1v) is 11.3. The third kappa shape index (κ3) is 3.93. The number of benzene rings is 3. The largest absolute Gasteiger partial charge is 0.478 e. The fourth-order valence-electron chi connectivity index (χ4n) is 3.75. The van der Waals surface area contributed by atoms with E-state index in [0.717, 1.165) is 5.56 Å². The van der Waals surface area contributed by atoms with Crippen molar-refractivity contribution in [1.29, 1.82) is 0 Å². The van der Waals surface area contributed by atoms with Crippen LogP contribution in [0.25, 0.3) is 0 Å². The monoisotopic (exact) mass is 390 g/mol. The average Bonchev–Trinajstić information content (AvgIpc) is 2.69. The first-order valence-electron chi connectivity index (χ1n) is 9.42. The van der Waals surface area contributed by atoms with E-state index in [1.54, 1.807) is 18.2 Å². The van der Waals surface area contributed by atoms with Crippen molar-refractivity contribution in [2.24, 2.45) is 0 Å². The maximum absolute atomic E-state index is 11.3. The van der Waals surface area contributed by atoms with Crippen LogP contribution in [-0.4, -0.2) is 19.4 Å². The molecule has 0 aliphatic rings. The van der Waals surface area contributed by atoms with Crippen LogP contribution in [0, 0.1) is 0 Å². The molecule has 0 fully saturated rings. The second kappa shape index (κ2) is 8.13. The molecule has 3 aromatic carbocycles. The van der Waals surface area contributed by atoms with Crippen molar-refractivity contribution in [2.45, 2.75) is 32.4 Å². The van der Waals surface area contributed by atoms with Gasteiger partial charge in [0.05, 0.1) is 12.2 Å². The van der Waals surface area contributed by atoms with Gasteiger partial charge in [-0.25, -0.2) is 4.79 Å². The van der Waals surface area contributed by atoms with E-state index in [-0.39, 0.29) is 10.6 Å². The van der Waals surface area contributed by atoms with Gasteiger partial charge in [0.15, 0.2) is 0 Å². The molecule has 0 aliphatic carbocycles. The molecule has 0 aliphatic heterocycles. The van der Waals surface area contributed by atoms with Crippen LogP contribution in [-0.2, 0) is 11.0 Å². The van der Waals surface area contributed by atoms with Crippen LogP contribution in [0.4, 0.5) is 0 Å². The molecule has 0 unspecified atom stereocenters. The lowest BCUT2D eigenvalue weighted by Crippen LogP contribution is -2.66. The molecule has 0 radical (unpaired) electrons. The highest BCUT2D eigenvalue weighted by atomic mass is 28.4. The number of carboxylic acids is 1. The molecule has 28 heavy (non-hydrogen) atoms. The van der Waals surface area contributed by atoms with Crippen molar-refractivity contribution in [3.8, 4) is 0 Å². The zero-order chi connectivity index (χ0) is 20.2. The number of hydrogen-bond acceptors (Lipinski definition) is 2. The minimum absolute atomic E-state index is 0.111. The fourth-order valence-corrected chi connectivity index (χ4v) is 8.29. The molecule has 0 saturated heterocycles. The molecule has 0 saturated carbocycles. The van der Waals surface area contributed by atoms with Gasteiger partial charge in [0.25, 0.3) is 8.32 Å². The third-order valence-corrected chi connectivity index (χ3v) is 10.0. The molecule has 0 atom stereocenters. The summed E-state index contributed by atoms with van der Waals surface area (Å²) < 4.78 is 6.83. The first kappa shape index (κ1) is 20.1. The van der Waals surface area contributed by atoms with Crippen LogP contribution in [0.3, 0.4) is 0 Å². The summed E-state index contributed by atoms with van der Waals surface area (Å²) in [5.41, 5.74) is 1.15. The summed E-state index contributed by atoms with van der Waals surface area (Å²) in [4.78, 5) is 11.3. The molecule has 1 N–H and O–H groups in total. The van der Waals surface area contributed by atoms with E-state index in [1.807, 2.05) is 18.2 Å². The van der Waals surface area contributed by atoms with Crippen LogP contribution in [0.2, 0.25) is 5.04 Å². The van der Waals surface area contributed by atoms with Gasteiger partial charge < -0.3 is 9.53 Å². The van der Waals surface area contributed by atoms with E-state index < -0.39 is 14.3 Å². The maximum Gasteiger partial charge on any atom is 0.335 e. The summed E-state index contributed by atoms with van der Waals surface area (Å²) >= 11 is 0. The Morgan fingerprint density at radius 3 is 1.86 bits per heavy atom. The van der Waals surface area contributed by atoms with Crippen LogP contribution < -0.4 is 10.4 Å². The molecule has 0 spiro atoms. The molecule has 4 heteroatoms. The van der Waals surface area contributed by atoms with Gasteiger partial charge in [-0.2, -0.15) is 0 Å². The van der Waals surface area contributed by atoms with Crippen molar-refractivity contribution in [3.63, 3.8) is 0 Å². The maximum atomic E-state index is 11.3. The van der Waals surface area contributed by atoms with Crippen LogP contribution in [0.5, 0.6) is 0 Å². The van der Waals surface area contributed by atoms with Gasteiger partial charge in [0, 0.05) is 0 Å². The Bertz CT molecular complexity index is 891. The fraction of sp³-hybridized carbons (Fsp3) is 0.208. The normalized spacial score (nSPS) is 12.0. The highest BCUT2D eigenvalue weighted by molar-refractivity contribution is 6.99. The van der Waals surface area contributed by atoms with Gasteiger partial charge in [0.1, 0.15) is 0 Å². The Morgan fingerprint density at radius 2 is 1.39 bits per heavy atom. The van der Waals surface area contributed by atoms with Gasteiger partial charge in [-0.3, -0.25) is 0 Å². The molecule has 0 bridgehead atoms. The van der Waals surface area contributed by atoms with E-state index >= 15 is 0 Å². The Balaban J connectivity index is 2.09. The molecule has 0 heterocycles. The summed E-state index contributed by atoms with van der Waals surface area (Å²) in [6, 6.07) is 27.9. The van der Waals surface area contributed by atoms with Crippen molar-refractivity contribution in [1.82, 2.24) is 0 Å². The SMILES string of the molecule is CC(C)(C)[Si](OCc1cccc(C(=O)O)c1)(c1ccccc1)c1ccccc1. The highest BCUT2D eigenvalue weighted by Gasteiger charge is 2.50. The number of carbonyl (C=O) groups is 1. The first-order chi connectivity index (χ1) is 13.3. The standard InChI is InChI=1S/C24H26O3Si/c1-24(2,3)28(21-13-6-4-7-14-21,22-15-8-5-9-16-22)27-18-19-11-10-12-20(17-19)23(25)26/h4-17H,18H2,1-3H3,(H,25,26). The van der Waals surface area contributed by atoms with Gasteiger partial charge in [0.2, 0.25) is 0 Å². The molecule has 144 valence electrons. The molecule has 3 rings (SSSR count). The van der Waals surface area contributed by atoms with Gasteiger partial charge >= 0.3 is 5.97 Å². The lowest BCUT2D eigenvalue weighted by Gasteiger charge is -2.43. The molecular weight excluding hydrogens is 364 g/mol. The van der Waals surface area contributed by atoms with Gasteiger partial charge in [-0.1, -0.05) is 93.6 Å². The predicted molar refractivity (Wildman–Crippen MR) is 116 cm³/mol. The van der Waals surface area contributed by atoms with E-state index in [2.05, 4.69) is 69.3 Å². The van der Waals surface area contributed by atoms with Crippen molar-refractivity contribution in [2.75, 3.05) is 0 Å². The molecular formula is C24H26O3Si. The Morgan fingerprint density at radius 1 is 0.857 bits per heavy atom. The number of carboxylic acid groups (broad SMARTS) is 1. The zero-order valence-corrected chi connectivity index (χ0v) is 17.6. The quantitative estimate of drug-likeness (QED) is 0.632. The number of aromatic carboxylic acids is 1. The van der Waals surface area contributed by atoms with E-state index in [4.69, 9.17) is 4.43 Å². The summed E-state index contributed by atoms with van der Waals surface area (Å²) in [7, 11) is -2.62. The van der Waals surface area contributed by atoms with Crippen molar-refractivity contribution in [3.05, 3.63) is 96.1 Å². The van der Waals surface area contributed by atoms with Crippen molar-refractivity contribution < 1.29 is 14.3 Å². The number of rotatable bonds is 6. The van der Waals surface area contributed by atoms with Crippen molar-refractivity contribution >= 4 is 24.7 Å². The molecule has 3 nitrogen and oxygen atoms in total. The van der Waals surface area contributed by atoms with Crippen LogP contribution >= 0.6 is 0 Å². The molecule has 0 aromatic heterocycles. The Hall–Kier alpha value is -2.69. The van der Waals surface area contributed by atoms with Gasteiger partial charge in [-0.05, 0) is 33.1 Å². The van der Waals surface area contributed by atoms with Gasteiger partial charge in [-0.15, -0.1) is 0 Å². The summed E-state index contributed by atoms with van der Waals surface area (Å²) in [5, 5.41) is 11.6. The summed E-state index contributed by atoms with van der Waals surface area (Å²) in [6.45, 7) is 7.06. The molecule has 0 amide bonds. The Kier molecular flexibility index (Phi) is 5.82. The smallest absolute Gasteiger partial charge is 0.335 e. The van der Waals surface area contributed by atoms with E-state index in [1.165, 1.54) is 10.4 Å². The Labute approximate surface area is 167 Å². The summed E-state index contributed by atoms with van der Waals surface area (Å²) in [5.74, 6) is -0.924. The minimum Gasteiger partial charge on any atom is -0.478 e. The highest BCUT2D eigenvalue weighted by Crippen LogP contribution is 2.37. The van der Waals surface area contributed by atoms with E-state index in [9.17, 15) is 9.90 Å². The lowest BCUT2D eigenvalue weighted by atomic mass is 10.1. The average molecular weight is 391 g/mol. The second-order valence-electron chi connectivity index (χ2n) is 7.96. The second-order valence-corrected chi connectivity index (χ2v) is 12.3. The lowest BCUT2D eigenvalue weighted by molar-refractivity contribution is 0.0696. The zero-order valence-electron chi connectivity index (χ0n) is 16.6. The van der Waals surface area contributed by atoms with Crippen LogP contribution in [0.15, 0.2) is 84.9 Å². The van der Waals surface area contributed by atoms with E-state index in [0.29, 0.717) is 6.61 Å². The minimum atomic E-state index is -2.62. The summed E-state index contributed by atoms with van der Waals surface area (Å²) in [6.07, 6.45) is 0. The predicted octanol–water partition coefficient (Wildman–Crippen LogP) is 4.46. The number of hydrogen-bond donors (Lipinski definition) is 1. The third-order valence-electron chi connectivity index (χ3n) is 5.05. The molecule has 3 aromatic rings.